The van der Waals surface area contributed by atoms with Crippen LogP contribution < -0.4 is 10.9 Å². The van der Waals surface area contributed by atoms with E-state index in [2.05, 4.69) is 5.43 Å². The van der Waals surface area contributed by atoms with Crippen molar-refractivity contribution < 1.29 is 18.0 Å². The molecule has 0 saturated heterocycles. The Balaban J connectivity index is 2.65. The summed E-state index contributed by atoms with van der Waals surface area (Å²) < 4.78 is 35.6. The van der Waals surface area contributed by atoms with Gasteiger partial charge >= 0.3 is 12.1 Å². The van der Waals surface area contributed by atoms with Crippen molar-refractivity contribution in [2.24, 2.45) is 0 Å². The van der Waals surface area contributed by atoms with Gasteiger partial charge in [0.15, 0.2) is 0 Å². The minimum absolute atomic E-state index is 0.434. The van der Waals surface area contributed by atoms with Crippen LogP contribution >= 0.6 is 0 Å². The van der Waals surface area contributed by atoms with E-state index in [-0.39, 0.29) is 0 Å². The van der Waals surface area contributed by atoms with Crippen molar-refractivity contribution >= 4 is 11.6 Å². The number of aryl methyl sites for hydroxylation is 2. The summed E-state index contributed by atoms with van der Waals surface area (Å²) in [6.07, 6.45) is -4.88. The molecule has 0 aromatic heterocycles. The SMILES string of the molecule is Cc1ccc(NNC(=O)C(F)(F)F)c(C)c1. The maximum absolute atomic E-state index is 11.9. The molecule has 0 radical (unpaired) electrons. The molecule has 1 amide bonds. The number of anilines is 1. The van der Waals surface area contributed by atoms with Crippen LogP contribution in [0.4, 0.5) is 18.9 Å². The molecule has 16 heavy (non-hydrogen) atoms. The van der Waals surface area contributed by atoms with Crippen molar-refractivity contribution in [2.45, 2.75) is 20.0 Å². The quantitative estimate of drug-likeness (QED) is 0.768. The topological polar surface area (TPSA) is 41.1 Å². The summed E-state index contributed by atoms with van der Waals surface area (Å²) in [5.74, 6) is -2.02. The number of carbonyl (C=O) groups is 1. The fourth-order valence-corrected chi connectivity index (χ4v) is 1.15. The Morgan fingerprint density at radius 3 is 2.38 bits per heavy atom. The van der Waals surface area contributed by atoms with Crippen LogP contribution in [-0.4, -0.2) is 12.1 Å². The first-order chi connectivity index (χ1) is 7.30. The van der Waals surface area contributed by atoms with Crippen LogP contribution in [0.3, 0.4) is 0 Å². The summed E-state index contributed by atoms with van der Waals surface area (Å²) in [6, 6.07) is 5.12. The summed E-state index contributed by atoms with van der Waals surface area (Å²) in [5.41, 5.74) is 5.99. The molecule has 0 aliphatic heterocycles. The van der Waals surface area contributed by atoms with E-state index >= 15 is 0 Å². The van der Waals surface area contributed by atoms with Crippen molar-refractivity contribution in [3.8, 4) is 0 Å². The number of hydrazine groups is 1. The average molecular weight is 232 g/mol. The number of carbonyl (C=O) groups excluding carboxylic acids is 1. The van der Waals surface area contributed by atoms with Crippen LogP contribution in [0.25, 0.3) is 0 Å². The molecule has 6 heteroatoms. The van der Waals surface area contributed by atoms with Crippen molar-refractivity contribution in [1.82, 2.24) is 5.43 Å². The molecule has 1 aromatic carbocycles. The van der Waals surface area contributed by atoms with E-state index in [1.807, 2.05) is 6.92 Å². The van der Waals surface area contributed by atoms with Crippen molar-refractivity contribution in [2.75, 3.05) is 5.43 Å². The second-order valence-electron chi connectivity index (χ2n) is 3.40. The molecule has 0 unspecified atom stereocenters. The molecule has 0 fully saturated rings. The number of rotatable bonds is 2. The van der Waals surface area contributed by atoms with Gasteiger partial charge in [-0.1, -0.05) is 17.7 Å². The largest absolute Gasteiger partial charge is 0.472 e. The minimum Gasteiger partial charge on any atom is -0.298 e. The molecule has 0 spiro atoms. The third kappa shape index (κ3) is 3.15. The highest BCUT2D eigenvalue weighted by Gasteiger charge is 2.38. The zero-order valence-electron chi connectivity index (χ0n) is 8.77. The Hall–Kier alpha value is -1.72. The lowest BCUT2D eigenvalue weighted by atomic mass is 10.1. The minimum atomic E-state index is -4.88. The maximum Gasteiger partial charge on any atom is 0.472 e. The summed E-state index contributed by atoms with van der Waals surface area (Å²) in [7, 11) is 0. The fourth-order valence-electron chi connectivity index (χ4n) is 1.15. The van der Waals surface area contributed by atoms with Gasteiger partial charge in [-0.3, -0.25) is 15.6 Å². The van der Waals surface area contributed by atoms with E-state index in [0.717, 1.165) is 11.1 Å². The monoisotopic (exact) mass is 232 g/mol. The highest BCUT2D eigenvalue weighted by atomic mass is 19.4. The third-order valence-electron chi connectivity index (χ3n) is 1.95. The van der Waals surface area contributed by atoms with E-state index < -0.39 is 12.1 Å². The summed E-state index contributed by atoms with van der Waals surface area (Å²) in [5, 5.41) is 0. The Kier molecular flexibility index (Phi) is 3.41. The zero-order valence-corrected chi connectivity index (χ0v) is 8.77. The van der Waals surface area contributed by atoms with Gasteiger partial charge in [0, 0.05) is 0 Å². The lowest BCUT2D eigenvalue weighted by Gasteiger charge is -2.12. The number of hydrogen-bond acceptors (Lipinski definition) is 2. The molecular formula is C10H11F3N2O. The number of alkyl halides is 3. The zero-order chi connectivity index (χ0) is 12.3. The molecule has 0 aliphatic carbocycles. The van der Waals surface area contributed by atoms with E-state index in [4.69, 9.17) is 0 Å². The van der Waals surface area contributed by atoms with Crippen LogP contribution in [0, 0.1) is 13.8 Å². The Labute approximate surface area is 90.6 Å². The number of halogens is 3. The van der Waals surface area contributed by atoms with E-state index in [1.165, 1.54) is 0 Å². The molecule has 3 nitrogen and oxygen atoms in total. The van der Waals surface area contributed by atoms with E-state index in [9.17, 15) is 18.0 Å². The van der Waals surface area contributed by atoms with Gasteiger partial charge in [0.05, 0.1) is 5.69 Å². The fraction of sp³-hybridized carbons (Fsp3) is 0.300. The molecule has 1 rings (SSSR count). The number of amides is 1. The third-order valence-corrected chi connectivity index (χ3v) is 1.95. The first kappa shape index (κ1) is 12.4. The second kappa shape index (κ2) is 4.42. The predicted molar refractivity (Wildman–Crippen MR) is 53.7 cm³/mol. The Morgan fingerprint density at radius 2 is 1.88 bits per heavy atom. The first-order valence-electron chi connectivity index (χ1n) is 4.51. The second-order valence-corrected chi connectivity index (χ2v) is 3.40. The van der Waals surface area contributed by atoms with Crippen molar-refractivity contribution in [3.63, 3.8) is 0 Å². The van der Waals surface area contributed by atoms with Crippen LogP contribution in [-0.2, 0) is 4.79 Å². The van der Waals surface area contributed by atoms with Crippen LogP contribution in [0.15, 0.2) is 18.2 Å². The number of hydrogen-bond donors (Lipinski definition) is 2. The first-order valence-corrected chi connectivity index (χ1v) is 4.51. The van der Waals surface area contributed by atoms with Crippen LogP contribution in [0.2, 0.25) is 0 Å². The van der Waals surface area contributed by atoms with Crippen molar-refractivity contribution in [1.29, 1.82) is 0 Å². The lowest BCUT2D eigenvalue weighted by Crippen LogP contribution is -2.40. The Morgan fingerprint density at radius 1 is 1.25 bits per heavy atom. The normalized spacial score (nSPS) is 11.1. The molecule has 0 bridgehead atoms. The van der Waals surface area contributed by atoms with Gasteiger partial charge in [-0.15, -0.1) is 0 Å². The molecule has 0 aliphatic rings. The summed E-state index contributed by atoms with van der Waals surface area (Å²) in [6.45, 7) is 3.60. The average Bonchev–Trinajstić information content (AvgIpc) is 2.14. The molecular weight excluding hydrogens is 221 g/mol. The maximum atomic E-state index is 11.9. The standard InChI is InChI=1S/C10H11F3N2O/c1-6-3-4-8(7(2)5-6)14-15-9(16)10(11,12)13/h3-5,14H,1-2H3,(H,15,16). The number of benzene rings is 1. The Bertz CT molecular complexity index is 402. The van der Waals surface area contributed by atoms with Gasteiger partial charge in [-0.05, 0) is 25.5 Å². The van der Waals surface area contributed by atoms with Gasteiger partial charge < -0.3 is 0 Å². The summed E-state index contributed by atoms with van der Waals surface area (Å²) >= 11 is 0. The molecule has 0 saturated carbocycles. The van der Waals surface area contributed by atoms with Crippen LogP contribution in [0.5, 0.6) is 0 Å². The van der Waals surface area contributed by atoms with Gasteiger partial charge in [-0.25, -0.2) is 0 Å². The molecule has 1 aromatic rings. The van der Waals surface area contributed by atoms with E-state index in [1.54, 1.807) is 30.5 Å². The van der Waals surface area contributed by atoms with Crippen molar-refractivity contribution in [3.05, 3.63) is 29.3 Å². The van der Waals surface area contributed by atoms with Crippen LogP contribution in [0.1, 0.15) is 11.1 Å². The number of nitrogens with one attached hydrogen (secondary N) is 2. The van der Waals surface area contributed by atoms with Gasteiger partial charge in [0.25, 0.3) is 0 Å². The summed E-state index contributed by atoms with van der Waals surface area (Å²) in [4.78, 5) is 10.5. The molecule has 88 valence electrons. The van der Waals surface area contributed by atoms with E-state index in [0.29, 0.717) is 5.69 Å². The molecule has 0 atom stereocenters. The smallest absolute Gasteiger partial charge is 0.298 e. The lowest BCUT2D eigenvalue weighted by molar-refractivity contribution is -0.173. The van der Waals surface area contributed by atoms with Gasteiger partial charge in [0.1, 0.15) is 0 Å². The highest BCUT2D eigenvalue weighted by molar-refractivity contribution is 5.82. The predicted octanol–water partition coefficient (Wildman–Crippen LogP) is 2.31. The van der Waals surface area contributed by atoms with Gasteiger partial charge in [0.2, 0.25) is 0 Å². The highest BCUT2D eigenvalue weighted by Crippen LogP contribution is 2.17. The molecule has 0 heterocycles. The molecule has 2 N–H and O–H groups in total. The van der Waals surface area contributed by atoms with Gasteiger partial charge in [-0.2, -0.15) is 13.2 Å².